The van der Waals surface area contributed by atoms with Crippen LogP contribution in [0.1, 0.15) is 62.0 Å². The van der Waals surface area contributed by atoms with Gasteiger partial charge in [-0.15, -0.1) is 11.3 Å². The summed E-state index contributed by atoms with van der Waals surface area (Å²) in [5, 5.41) is 8.80. The van der Waals surface area contributed by atoms with Crippen LogP contribution in [0.4, 0.5) is 0 Å². The lowest BCUT2D eigenvalue weighted by atomic mass is 9.88. The van der Waals surface area contributed by atoms with Crippen LogP contribution in [0.5, 0.6) is 0 Å². The number of benzene rings is 1. The monoisotopic (exact) mass is 387 g/mol. The number of hydrogen-bond donors (Lipinski definition) is 2. The molecule has 1 aliphatic heterocycles. The molecule has 1 aromatic heterocycles. The first-order valence-electron chi connectivity index (χ1n) is 9.94. The lowest BCUT2D eigenvalue weighted by molar-refractivity contribution is 0.0337. The minimum Gasteiger partial charge on any atom is -0.381 e. The second-order valence-corrected chi connectivity index (χ2v) is 9.77. The molecule has 5 heteroatoms. The zero-order chi connectivity index (χ0) is 19.3. The second kappa shape index (κ2) is 8.82. The Hall–Kier alpha value is -1.27. The topological polar surface area (TPSA) is 46.2 Å². The molecule has 1 atom stereocenters. The number of thiazole rings is 1. The first-order valence-corrected chi connectivity index (χ1v) is 10.8. The highest BCUT2D eigenvalue weighted by Crippen LogP contribution is 2.28. The summed E-state index contributed by atoms with van der Waals surface area (Å²) in [4.78, 5) is 5.91. The fourth-order valence-corrected chi connectivity index (χ4v) is 4.52. The molecule has 4 nitrogen and oxygen atoms in total. The Bertz CT molecular complexity index is 702. The van der Waals surface area contributed by atoms with Gasteiger partial charge in [0.1, 0.15) is 0 Å². The number of hydrogen-bond acceptors (Lipinski definition) is 5. The van der Waals surface area contributed by atoms with Crippen LogP contribution in [0.2, 0.25) is 0 Å². The fraction of sp³-hybridized carbons (Fsp3) is 0.591. The van der Waals surface area contributed by atoms with E-state index < -0.39 is 0 Å². The van der Waals surface area contributed by atoms with Crippen molar-refractivity contribution in [1.29, 1.82) is 0 Å². The van der Waals surface area contributed by atoms with E-state index in [2.05, 4.69) is 73.6 Å². The van der Waals surface area contributed by atoms with Gasteiger partial charge in [-0.25, -0.2) is 4.98 Å². The molecular weight excluding hydrogens is 354 g/mol. The third-order valence-corrected chi connectivity index (χ3v) is 6.65. The lowest BCUT2D eigenvalue weighted by Crippen LogP contribution is -2.56. The van der Waals surface area contributed by atoms with Crippen molar-refractivity contribution in [2.24, 2.45) is 0 Å². The molecule has 0 saturated carbocycles. The van der Waals surface area contributed by atoms with Crippen molar-refractivity contribution in [3.05, 3.63) is 52.0 Å². The second-order valence-electron chi connectivity index (χ2n) is 8.65. The predicted molar refractivity (Wildman–Crippen MR) is 113 cm³/mol. The van der Waals surface area contributed by atoms with Gasteiger partial charge in [0.25, 0.3) is 0 Å². The average Bonchev–Trinajstić information content (AvgIpc) is 3.12. The van der Waals surface area contributed by atoms with Crippen LogP contribution in [-0.2, 0) is 16.7 Å². The molecule has 1 saturated heterocycles. The normalized spacial score (nSPS) is 18.4. The highest BCUT2D eigenvalue weighted by molar-refractivity contribution is 7.11. The van der Waals surface area contributed by atoms with Crippen LogP contribution >= 0.6 is 11.3 Å². The summed E-state index contributed by atoms with van der Waals surface area (Å²) in [5.74, 6) is 0. The summed E-state index contributed by atoms with van der Waals surface area (Å²) in [7, 11) is 0. The van der Waals surface area contributed by atoms with Crippen molar-refractivity contribution in [2.45, 2.75) is 64.1 Å². The van der Waals surface area contributed by atoms with E-state index in [9.17, 15) is 0 Å². The molecule has 1 aliphatic rings. The summed E-state index contributed by atoms with van der Waals surface area (Å²) >= 11 is 1.82. The molecule has 1 aromatic carbocycles. The summed E-state index contributed by atoms with van der Waals surface area (Å²) < 4.78 is 5.64. The van der Waals surface area contributed by atoms with Crippen molar-refractivity contribution in [2.75, 3.05) is 19.8 Å². The van der Waals surface area contributed by atoms with Gasteiger partial charge in [0.05, 0.1) is 5.01 Å². The van der Waals surface area contributed by atoms with Crippen molar-refractivity contribution >= 4 is 11.3 Å². The molecule has 0 amide bonds. The maximum Gasteiger partial charge on any atom is 0.0981 e. The number of aromatic nitrogens is 1. The van der Waals surface area contributed by atoms with Crippen LogP contribution in [0, 0.1) is 0 Å². The molecule has 0 radical (unpaired) electrons. The van der Waals surface area contributed by atoms with Gasteiger partial charge in [0, 0.05) is 54.4 Å². The van der Waals surface area contributed by atoms with E-state index in [-0.39, 0.29) is 11.0 Å². The highest BCUT2D eigenvalue weighted by atomic mass is 32.1. The van der Waals surface area contributed by atoms with Gasteiger partial charge in [-0.2, -0.15) is 0 Å². The molecule has 3 rings (SSSR count). The SMILES string of the molecule is C[C@H](NC1(CNCc2cnc(C(C)(C)C)s2)CCOCC1)c1ccccc1. The summed E-state index contributed by atoms with van der Waals surface area (Å²) in [5.41, 5.74) is 1.53. The predicted octanol–water partition coefficient (Wildman–Crippen LogP) is 4.43. The molecule has 1 fully saturated rings. The number of ether oxygens (including phenoxy) is 1. The summed E-state index contributed by atoms with van der Waals surface area (Å²) in [6.45, 7) is 12.4. The van der Waals surface area contributed by atoms with Gasteiger partial charge < -0.3 is 15.4 Å². The van der Waals surface area contributed by atoms with Crippen LogP contribution < -0.4 is 10.6 Å². The summed E-state index contributed by atoms with van der Waals surface area (Å²) in [6, 6.07) is 11.0. The molecule has 0 spiro atoms. The van der Waals surface area contributed by atoms with Crippen LogP contribution in [0.3, 0.4) is 0 Å². The zero-order valence-electron chi connectivity index (χ0n) is 17.0. The standard InChI is InChI=1S/C22H33N3OS/c1-17(18-8-6-5-7-9-18)25-22(10-12-26-13-11-22)16-23-14-19-15-24-20(27-19)21(2,3)4/h5-9,15,17,23,25H,10-14,16H2,1-4H3/t17-/m0/s1. The first-order chi connectivity index (χ1) is 12.9. The quantitative estimate of drug-likeness (QED) is 0.738. The number of nitrogens with zero attached hydrogens (tertiary/aromatic N) is 1. The van der Waals surface area contributed by atoms with Gasteiger partial charge in [0.15, 0.2) is 0 Å². The Morgan fingerprint density at radius 1 is 1.19 bits per heavy atom. The van der Waals surface area contributed by atoms with Gasteiger partial charge in [0.2, 0.25) is 0 Å². The van der Waals surface area contributed by atoms with E-state index in [1.165, 1.54) is 15.4 Å². The minimum absolute atomic E-state index is 0.0745. The van der Waals surface area contributed by atoms with Crippen molar-refractivity contribution < 1.29 is 4.74 Å². The Morgan fingerprint density at radius 2 is 1.89 bits per heavy atom. The van der Waals surface area contributed by atoms with Crippen molar-refractivity contribution in [3.8, 4) is 0 Å². The van der Waals surface area contributed by atoms with Gasteiger partial charge in [-0.3, -0.25) is 0 Å². The third-order valence-electron chi connectivity index (χ3n) is 5.23. The molecule has 2 aromatic rings. The molecule has 2 N–H and O–H groups in total. The fourth-order valence-electron chi connectivity index (χ4n) is 3.58. The van der Waals surface area contributed by atoms with E-state index >= 15 is 0 Å². The molecule has 27 heavy (non-hydrogen) atoms. The molecule has 0 bridgehead atoms. The number of rotatable bonds is 7. The Labute approximate surface area is 167 Å². The Kier molecular flexibility index (Phi) is 6.69. The Morgan fingerprint density at radius 3 is 2.52 bits per heavy atom. The molecule has 148 valence electrons. The van der Waals surface area contributed by atoms with Gasteiger partial charge in [-0.1, -0.05) is 51.1 Å². The number of nitrogens with one attached hydrogen (secondary N) is 2. The molecule has 0 unspecified atom stereocenters. The van der Waals surface area contributed by atoms with Crippen LogP contribution in [-0.4, -0.2) is 30.3 Å². The van der Waals surface area contributed by atoms with E-state index in [0.29, 0.717) is 6.04 Å². The lowest BCUT2D eigenvalue weighted by Gasteiger charge is -2.40. The van der Waals surface area contributed by atoms with Crippen molar-refractivity contribution in [1.82, 2.24) is 15.6 Å². The largest absolute Gasteiger partial charge is 0.381 e. The molecule has 0 aliphatic carbocycles. The first kappa shape index (κ1) is 20.5. The zero-order valence-corrected chi connectivity index (χ0v) is 17.9. The van der Waals surface area contributed by atoms with E-state index in [4.69, 9.17) is 4.74 Å². The average molecular weight is 388 g/mol. The smallest absolute Gasteiger partial charge is 0.0981 e. The van der Waals surface area contributed by atoms with Gasteiger partial charge in [-0.05, 0) is 25.3 Å². The maximum atomic E-state index is 5.64. The highest BCUT2D eigenvalue weighted by Gasteiger charge is 2.33. The van der Waals surface area contributed by atoms with Crippen LogP contribution in [0.25, 0.3) is 0 Å². The third kappa shape index (κ3) is 5.61. The maximum absolute atomic E-state index is 5.64. The van der Waals surface area contributed by atoms with E-state index in [1.54, 1.807) is 0 Å². The summed E-state index contributed by atoms with van der Waals surface area (Å²) in [6.07, 6.45) is 4.09. The van der Waals surface area contributed by atoms with Gasteiger partial charge >= 0.3 is 0 Å². The van der Waals surface area contributed by atoms with E-state index in [1.807, 2.05) is 17.5 Å². The Balaban J connectivity index is 1.60. The molecule has 2 heterocycles. The van der Waals surface area contributed by atoms with Crippen molar-refractivity contribution in [3.63, 3.8) is 0 Å². The molecular formula is C22H33N3OS. The minimum atomic E-state index is 0.0745. The van der Waals surface area contributed by atoms with Crippen LogP contribution in [0.15, 0.2) is 36.5 Å². The van der Waals surface area contributed by atoms with E-state index in [0.717, 1.165) is 39.1 Å².